The van der Waals surface area contributed by atoms with E-state index in [-0.39, 0.29) is 28.9 Å². The Morgan fingerprint density at radius 2 is 1.93 bits per heavy atom. The van der Waals surface area contributed by atoms with Crippen LogP contribution in [0, 0.1) is 0 Å². The Hall–Kier alpha value is -1.93. The fourth-order valence-corrected chi connectivity index (χ4v) is 4.84. The van der Waals surface area contributed by atoms with Crippen LogP contribution in [0.15, 0.2) is 53.4 Å². The average Bonchev–Trinajstić information content (AvgIpc) is 2.68. The first kappa shape index (κ1) is 21.4. The van der Waals surface area contributed by atoms with Crippen LogP contribution in [0.5, 0.6) is 0 Å². The number of piperazine rings is 1. The van der Waals surface area contributed by atoms with E-state index in [1.165, 1.54) is 28.1 Å². The van der Waals surface area contributed by atoms with Gasteiger partial charge in [0.2, 0.25) is 15.9 Å². The van der Waals surface area contributed by atoms with E-state index in [0.29, 0.717) is 19.6 Å². The minimum absolute atomic E-state index is 0. The fraction of sp³-hybridized carbons (Fsp3) is 0.316. The first-order chi connectivity index (χ1) is 12.4. The van der Waals surface area contributed by atoms with Crippen LogP contribution < -0.4 is 11.1 Å². The van der Waals surface area contributed by atoms with Gasteiger partial charge < -0.3 is 11.1 Å². The van der Waals surface area contributed by atoms with E-state index in [4.69, 9.17) is 5.73 Å². The maximum Gasteiger partial charge on any atom is 0.248 e. The largest absolute Gasteiger partial charge is 0.366 e. The third-order valence-electron chi connectivity index (χ3n) is 4.69. The van der Waals surface area contributed by atoms with Crippen LogP contribution in [0.2, 0.25) is 0 Å². The smallest absolute Gasteiger partial charge is 0.248 e. The molecule has 1 heterocycles. The Morgan fingerprint density at radius 1 is 1.22 bits per heavy atom. The number of amides is 1. The third-order valence-corrected chi connectivity index (χ3v) is 6.60. The molecular weight excluding hydrogens is 386 g/mol. The van der Waals surface area contributed by atoms with Crippen molar-refractivity contribution in [2.24, 2.45) is 5.73 Å². The van der Waals surface area contributed by atoms with Crippen LogP contribution in [0.25, 0.3) is 0 Å². The van der Waals surface area contributed by atoms with Gasteiger partial charge in [0.1, 0.15) is 0 Å². The van der Waals surface area contributed by atoms with Crippen molar-refractivity contribution in [1.82, 2.24) is 9.62 Å². The predicted octanol–water partition coefficient (Wildman–Crippen LogP) is 2.10. The molecule has 3 N–H and O–H groups in total. The molecule has 0 spiro atoms. The monoisotopic (exact) mass is 409 g/mol. The molecule has 1 atom stereocenters. The highest BCUT2D eigenvalue weighted by Crippen LogP contribution is 2.29. The van der Waals surface area contributed by atoms with Gasteiger partial charge in [0.05, 0.1) is 10.9 Å². The highest BCUT2D eigenvalue weighted by atomic mass is 35.5. The highest BCUT2D eigenvalue weighted by molar-refractivity contribution is 7.89. The van der Waals surface area contributed by atoms with Crippen molar-refractivity contribution in [2.75, 3.05) is 19.6 Å². The number of halogens is 1. The van der Waals surface area contributed by atoms with Gasteiger partial charge in [-0.05, 0) is 35.7 Å². The minimum atomic E-state index is -3.75. The topological polar surface area (TPSA) is 92.5 Å². The lowest BCUT2D eigenvalue weighted by atomic mass is 10.0. The summed E-state index contributed by atoms with van der Waals surface area (Å²) in [6.07, 6.45) is 0.936. The summed E-state index contributed by atoms with van der Waals surface area (Å²) in [6.45, 7) is 3.57. The maximum atomic E-state index is 13.2. The van der Waals surface area contributed by atoms with Crippen LogP contribution in [0.3, 0.4) is 0 Å². The van der Waals surface area contributed by atoms with E-state index >= 15 is 0 Å². The third kappa shape index (κ3) is 4.50. The van der Waals surface area contributed by atoms with Crippen molar-refractivity contribution < 1.29 is 13.2 Å². The molecule has 8 heteroatoms. The van der Waals surface area contributed by atoms with Gasteiger partial charge in [-0.3, -0.25) is 4.79 Å². The van der Waals surface area contributed by atoms with Crippen molar-refractivity contribution in [2.45, 2.75) is 24.3 Å². The summed E-state index contributed by atoms with van der Waals surface area (Å²) in [5, 5.41) is 3.26. The number of sulfonamides is 1. The number of hydrogen-bond acceptors (Lipinski definition) is 4. The Morgan fingerprint density at radius 3 is 2.56 bits per heavy atom. The molecule has 1 aliphatic rings. The summed E-state index contributed by atoms with van der Waals surface area (Å²) in [5.41, 5.74) is 7.64. The van der Waals surface area contributed by atoms with Gasteiger partial charge in [0, 0.05) is 25.2 Å². The maximum absolute atomic E-state index is 13.2. The zero-order valence-corrected chi connectivity index (χ0v) is 16.7. The van der Waals surface area contributed by atoms with Crippen molar-refractivity contribution >= 4 is 28.3 Å². The van der Waals surface area contributed by atoms with Gasteiger partial charge in [-0.25, -0.2) is 8.42 Å². The Balaban J connectivity index is 0.00000261. The molecule has 1 saturated heterocycles. The molecular formula is C19H24ClN3O3S. The number of carbonyl (C=O) groups is 1. The van der Waals surface area contributed by atoms with Crippen molar-refractivity contribution in [3.8, 4) is 0 Å². The fourth-order valence-electron chi connectivity index (χ4n) is 3.18. The number of nitrogens with two attached hydrogens (primary N) is 1. The van der Waals surface area contributed by atoms with E-state index in [9.17, 15) is 13.2 Å². The lowest BCUT2D eigenvalue weighted by molar-refractivity contribution is 0.1000. The normalized spacial score (nSPS) is 17.9. The Bertz CT molecular complexity index is 901. The van der Waals surface area contributed by atoms with E-state index in [1.807, 2.05) is 24.3 Å². The summed E-state index contributed by atoms with van der Waals surface area (Å²) in [5.74, 6) is -0.644. The first-order valence-electron chi connectivity index (χ1n) is 8.64. The number of rotatable bonds is 5. The molecule has 1 fully saturated rings. The molecule has 0 aliphatic carbocycles. The SMILES string of the molecule is CCc1ccc(C2CNCCN2S(=O)(=O)c2cccc(C(N)=O)c2)cc1.Cl. The van der Waals surface area contributed by atoms with E-state index in [2.05, 4.69) is 12.2 Å². The van der Waals surface area contributed by atoms with Crippen LogP contribution >= 0.6 is 12.4 Å². The predicted molar refractivity (Wildman–Crippen MR) is 108 cm³/mol. The summed E-state index contributed by atoms with van der Waals surface area (Å²) in [6, 6.07) is 13.6. The van der Waals surface area contributed by atoms with Crippen molar-refractivity contribution in [1.29, 1.82) is 0 Å². The van der Waals surface area contributed by atoms with Crippen LogP contribution in [-0.2, 0) is 16.4 Å². The van der Waals surface area contributed by atoms with Gasteiger partial charge >= 0.3 is 0 Å². The van der Waals surface area contributed by atoms with E-state index < -0.39 is 15.9 Å². The molecule has 0 aromatic heterocycles. The molecule has 3 rings (SSSR count). The summed E-state index contributed by atoms with van der Waals surface area (Å²) in [7, 11) is -3.75. The van der Waals surface area contributed by atoms with Gasteiger partial charge in [-0.15, -0.1) is 12.4 Å². The second kappa shape index (κ2) is 8.84. The number of aryl methyl sites for hydroxylation is 1. The molecule has 1 unspecified atom stereocenters. The molecule has 27 heavy (non-hydrogen) atoms. The minimum Gasteiger partial charge on any atom is -0.366 e. The molecule has 1 aliphatic heterocycles. The lowest BCUT2D eigenvalue weighted by Gasteiger charge is -2.35. The van der Waals surface area contributed by atoms with E-state index in [0.717, 1.165) is 12.0 Å². The summed E-state index contributed by atoms with van der Waals surface area (Å²) in [4.78, 5) is 11.5. The Labute approximate surface area is 166 Å². The molecule has 6 nitrogen and oxygen atoms in total. The highest BCUT2D eigenvalue weighted by Gasteiger charge is 2.34. The van der Waals surface area contributed by atoms with Gasteiger partial charge in [0.15, 0.2) is 0 Å². The summed E-state index contributed by atoms with van der Waals surface area (Å²) < 4.78 is 27.9. The van der Waals surface area contributed by atoms with Crippen molar-refractivity contribution in [3.63, 3.8) is 0 Å². The number of primary amides is 1. The van der Waals surface area contributed by atoms with Crippen LogP contribution in [-0.4, -0.2) is 38.3 Å². The van der Waals surface area contributed by atoms with Crippen LogP contribution in [0.4, 0.5) is 0 Å². The van der Waals surface area contributed by atoms with Gasteiger partial charge in [-0.2, -0.15) is 4.31 Å². The number of hydrogen-bond donors (Lipinski definition) is 2. The molecule has 0 saturated carbocycles. The number of benzene rings is 2. The standard InChI is InChI=1S/C19H23N3O3S.ClH/c1-2-14-6-8-15(9-7-14)18-13-21-10-11-22(18)26(24,25)17-5-3-4-16(12-17)19(20)23;/h3-9,12,18,21H,2,10-11,13H2,1H3,(H2,20,23);1H. The lowest BCUT2D eigenvalue weighted by Crippen LogP contribution is -2.48. The number of carbonyl (C=O) groups excluding carboxylic acids is 1. The molecule has 2 aromatic rings. The number of nitrogens with zero attached hydrogens (tertiary/aromatic N) is 1. The number of nitrogens with one attached hydrogen (secondary N) is 1. The molecule has 0 radical (unpaired) electrons. The van der Waals surface area contributed by atoms with Crippen LogP contribution in [0.1, 0.15) is 34.5 Å². The second-order valence-electron chi connectivity index (χ2n) is 6.32. The van der Waals surface area contributed by atoms with Crippen molar-refractivity contribution in [3.05, 3.63) is 65.2 Å². The van der Waals surface area contributed by atoms with E-state index in [1.54, 1.807) is 6.07 Å². The zero-order chi connectivity index (χ0) is 18.7. The Kier molecular flexibility index (Phi) is 7.00. The summed E-state index contributed by atoms with van der Waals surface area (Å²) >= 11 is 0. The molecule has 146 valence electrons. The second-order valence-corrected chi connectivity index (χ2v) is 8.21. The quantitative estimate of drug-likeness (QED) is 0.790. The molecule has 2 aromatic carbocycles. The molecule has 1 amide bonds. The molecule has 0 bridgehead atoms. The van der Waals surface area contributed by atoms with Gasteiger partial charge in [-0.1, -0.05) is 37.3 Å². The van der Waals surface area contributed by atoms with Gasteiger partial charge in [0.25, 0.3) is 0 Å². The first-order valence-corrected chi connectivity index (χ1v) is 10.1. The zero-order valence-electron chi connectivity index (χ0n) is 15.1. The average molecular weight is 410 g/mol.